The number of aromatic nitrogens is 2. The molecule has 130 valence electrons. The number of carbonyl (C=O) groups is 1. The Kier molecular flexibility index (Phi) is 4.90. The van der Waals surface area contributed by atoms with E-state index in [0.29, 0.717) is 18.8 Å². The Morgan fingerprint density at radius 3 is 2.85 bits per heavy atom. The molecule has 1 amide bonds. The van der Waals surface area contributed by atoms with Crippen molar-refractivity contribution in [3.8, 4) is 10.6 Å². The monoisotopic (exact) mass is 381 g/mol. The molecule has 4 aromatic rings. The number of nitrogens with zero attached hydrogens (tertiary/aromatic N) is 3. The highest BCUT2D eigenvalue weighted by atomic mass is 32.1. The van der Waals surface area contributed by atoms with E-state index in [0.717, 1.165) is 21.9 Å². The summed E-state index contributed by atoms with van der Waals surface area (Å²) in [5.41, 5.74) is 2.45. The average Bonchev–Trinajstić information content (AvgIpc) is 3.42. The number of amides is 1. The largest absolute Gasteiger partial charge is 0.467 e. The lowest BCUT2D eigenvalue weighted by Gasteiger charge is -2.20. The minimum Gasteiger partial charge on any atom is -0.467 e. The molecule has 0 unspecified atom stereocenters. The van der Waals surface area contributed by atoms with Crippen LogP contribution in [0.15, 0.2) is 69.5 Å². The standard InChI is InChI=1S/C19H15N3O2S2/c23-19(17-13-26-18(21-17)15-5-8-25-12-15)22(11-16-4-2-7-24-16)10-14-3-1-6-20-9-14/h1-9,12-13H,10-11H2. The van der Waals surface area contributed by atoms with E-state index in [9.17, 15) is 4.79 Å². The van der Waals surface area contributed by atoms with Gasteiger partial charge in [-0.3, -0.25) is 9.78 Å². The van der Waals surface area contributed by atoms with Gasteiger partial charge in [-0.1, -0.05) is 6.07 Å². The molecular formula is C19H15N3O2S2. The van der Waals surface area contributed by atoms with E-state index in [1.807, 2.05) is 46.5 Å². The van der Waals surface area contributed by atoms with E-state index in [1.54, 1.807) is 34.9 Å². The summed E-state index contributed by atoms with van der Waals surface area (Å²) >= 11 is 3.09. The smallest absolute Gasteiger partial charge is 0.274 e. The van der Waals surface area contributed by atoms with Crippen molar-refractivity contribution in [1.29, 1.82) is 0 Å². The van der Waals surface area contributed by atoms with Gasteiger partial charge in [-0.15, -0.1) is 11.3 Å². The number of furan rings is 1. The first-order chi connectivity index (χ1) is 12.8. The molecule has 4 heterocycles. The molecule has 0 fully saturated rings. The van der Waals surface area contributed by atoms with Gasteiger partial charge < -0.3 is 9.32 Å². The maximum atomic E-state index is 13.1. The molecule has 4 aromatic heterocycles. The highest BCUT2D eigenvalue weighted by Gasteiger charge is 2.21. The molecule has 0 aliphatic heterocycles. The number of carbonyl (C=O) groups excluding carboxylic acids is 1. The Balaban J connectivity index is 1.59. The summed E-state index contributed by atoms with van der Waals surface area (Å²) in [6.45, 7) is 0.824. The third kappa shape index (κ3) is 3.74. The second kappa shape index (κ2) is 7.63. The Morgan fingerprint density at radius 1 is 1.15 bits per heavy atom. The topological polar surface area (TPSA) is 59.2 Å². The van der Waals surface area contributed by atoms with Crippen LogP contribution < -0.4 is 0 Å². The molecule has 0 atom stereocenters. The molecule has 0 aliphatic rings. The minimum absolute atomic E-state index is 0.122. The lowest BCUT2D eigenvalue weighted by molar-refractivity contribution is 0.0712. The van der Waals surface area contributed by atoms with Crippen LogP contribution in [-0.4, -0.2) is 20.8 Å². The van der Waals surface area contributed by atoms with Crippen molar-refractivity contribution >= 4 is 28.6 Å². The predicted molar refractivity (Wildman–Crippen MR) is 102 cm³/mol. The number of pyridine rings is 1. The van der Waals surface area contributed by atoms with Gasteiger partial charge in [0.05, 0.1) is 12.8 Å². The molecule has 4 rings (SSSR count). The molecule has 0 spiro atoms. The van der Waals surface area contributed by atoms with E-state index >= 15 is 0 Å². The van der Waals surface area contributed by atoms with Crippen LogP contribution in [0.4, 0.5) is 0 Å². The molecule has 0 radical (unpaired) electrons. The Morgan fingerprint density at radius 2 is 2.12 bits per heavy atom. The fourth-order valence-electron chi connectivity index (χ4n) is 2.55. The average molecular weight is 381 g/mol. The van der Waals surface area contributed by atoms with Crippen molar-refractivity contribution in [2.24, 2.45) is 0 Å². The van der Waals surface area contributed by atoms with E-state index in [1.165, 1.54) is 11.3 Å². The number of rotatable bonds is 6. The summed E-state index contributed by atoms with van der Waals surface area (Å²) < 4.78 is 5.43. The van der Waals surface area contributed by atoms with Crippen molar-refractivity contribution in [1.82, 2.24) is 14.9 Å². The molecule has 0 saturated carbocycles. The maximum absolute atomic E-state index is 13.1. The molecule has 26 heavy (non-hydrogen) atoms. The molecule has 0 bridgehead atoms. The zero-order valence-electron chi connectivity index (χ0n) is 13.7. The van der Waals surface area contributed by atoms with Crippen molar-refractivity contribution in [3.05, 3.63) is 82.1 Å². The fraction of sp³-hybridized carbons (Fsp3) is 0.105. The van der Waals surface area contributed by atoms with Crippen LogP contribution in [0.3, 0.4) is 0 Å². The van der Waals surface area contributed by atoms with Crippen LogP contribution in [0.2, 0.25) is 0 Å². The second-order valence-electron chi connectivity index (χ2n) is 5.65. The van der Waals surface area contributed by atoms with Crippen molar-refractivity contribution in [3.63, 3.8) is 0 Å². The van der Waals surface area contributed by atoms with Gasteiger partial charge in [0.25, 0.3) is 5.91 Å². The first-order valence-electron chi connectivity index (χ1n) is 7.98. The summed E-state index contributed by atoms with van der Waals surface area (Å²) in [5, 5.41) is 6.70. The minimum atomic E-state index is -0.122. The summed E-state index contributed by atoms with van der Waals surface area (Å²) in [5.74, 6) is 0.610. The number of hydrogen-bond acceptors (Lipinski definition) is 6. The SMILES string of the molecule is O=C(c1csc(-c2ccsc2)n1)N(Cc1cccnc1)Cc1ccco1. The summed E-state index contributed by atoms with van der Waals surface area (Å²) in [6, 6.07) is 9.50. The van der Waals surface area contributed by atoms with Gasteiger partial charge in [0.15, 0.2) is 0 Å². The summed E-state index contributed by atoms with van der Waals surface area (Å²) in [4.78, 5) is 23.5. The quantitative estimate of drug-likeness (QED) is 0.486. The molecule has 0 saturated heterocycles. The highest BCUT2D eigenvalue weighted by molar-refractivity contribution is 7.14. The fourth-order valence-corrected chi connectivity index (χ4v) is 4.06. The van der Waals surface area contributed by atoms with Gasteiger partial charge in [-0.05, 0) is 35.2 Å². The zero-order chi connectivity index (χ0) is 17.8. The van der Waals surface area contributed by atoms with Crippen molar-refractivity contribution in [2.45, 2.75) is 13.1 Å². The van der Waals surface area contributed by atoms with Gasteiger partial charge in [0.2, 0.25) is 0 Å². The van der Waals surface area contributed by atoms with Gasteiger partial charge in [0.1, 0.15) is 16.5 Å². The van der Waals surface area contributed by atoms with Crippen LogP contribution in [-0.2, 0) is 13.1 Å². The zero-order valence-corrected chi connectivity index (χ0v) is 15.4. The first-order valence-corrected chi connectivity index (χ1v) is 9.80. The molecule has 7 heteroatoms. The maximum Gasteiger partial charge on any atom is 0.274 e. The lowest BCUT2D eigenvalue weighted by atomic mass is 10.2. The molecule has 5 nitrogen and oxygen atoms in total. The van der Waals surface area contributed by atoms with Crippen LogP contribution in [0.1, 0.15) is 21.8 Å². The lowest BCUT2D eigenvalue weighted by Crippen LogP contribution is -2.30. The highest BCUT2D eigenvalue weighted by Crippen LogP contribution is 2.26. The molecule has 0 N–H and O–H groups in total. The van der Waals surface area contributed by atoms with E-state index in [2.05, 4.69) is 9.97 Å². The van der Waals surface area contributed by atoms with E-state index < -0.39 is 0 Å². The van der Waals surface area contributed by atoms with Gasteiger partial charge in [-0.2, -0.15) is 11.3 Å². The molecule has 0 aromatic carbocycles. The number of thiophene rings is 1. The molecule has 0 aliphatic carbocycles. The first kappa shape index (κ1) is 16.7. The third-order valence-electron chi connectivity index (χ3n) is 3.80. The summed E-state index contributed by atoms with van der Waals surface area (Å²) in [7, 11) is 0. The van der Waals surface area contributed by atoms with Crippen LogP contribution >= 0.6 is 22.7 Å². The van der Waals surface area contributed by atoms with Crippen LogP contribution in [0.5, 0.6) is 0 Å². The Hall–Kier alpha value is -2.77. The normalized spacial score (nSPS) is 10.8. The molecular weight excluding hydrogens is 366 g/mol. The summed E-state index contributed by atoms with van der Waals surface area (Å²) in [6.07, 6.45) is 5.09. The number of thiazole rings is 1. The van der Waals surface area contributed by atoms with Crippen molar-refractivity contribution < 1.29 is 9.21 Å². The Labute approximate surface area is 158 Å². The van der Waals surface area contributed by atoms with Gasteiger partial charge in [-0.25, -0.2) is 4.98 Å². The number of hydrogen-bond donors (Lipinski definition) is 0. The second-order valence-corrected chi connectivity index (χ2v) is 7.29. The Bertz CT molecular complexity index is 964. The predicted octanol–water partition coefficient (Wildman–Crippen LogP) is 4.70. The van der Waals surface area contributed by atoms with E-state index in [-0.39, 0.29) is 5.91 Å². The van der Waals surface area contributed by atoms with Gasteiger partial charge in [0, 0.05) is 35.3 Å². The third-order valence-corrected chi connectivity index (χ3v) is 5.38. The van der Waals surface area contributed by atoms with Crippen LogP contribution in [0, 0.1) is 0 Å². The van der Waals surface area contributed by atoms with E-state index in [4.69, 9.17) is 4.42 Å². The van der Waals surface area contributed by atoms with Gasteiger partial charge >= 0.3 is 0 Å². The van der Waals surface area contributed by atoms with Crippen molar-refractivity contribution in [2.75, 3.05) is 0 Å². The van der Waals surface area contributed by atoms with Crippen LogP contribution in [0.25, 0.3) is 10.6 Å².